The van der Waals surface area contributed by atoms with Crippen molar-refractivity contribution in [2.45, 2.75) is 19.1 Å². The highest BCUT2D eigenvalue weighted by Gasteiger charge is 2.48. The minimum Gasteiger partial charge on any atom is -0.468 e. The van der Waals surface area contributed by atoms with Crippen LogP contribution in [0, 0.1) is 0 Å². The summed E-state index contributed by atoms with van der Waals surface area (Å²) in [7, 11) is 3.90. The molecule has 31 heavy (non-hydrogen) atoms. The Balaban J connectivity index is 1.32. The third-order valence-electron chi connectivity index (χ3n) is 5.67. The maximum absolute atomic E-state index is 12.9. The molecule has 1 N–H and O–H groups in total. The average molecular weight is 425 g/mol. The summed E-state index contributed by atoms with van der Waals surface area (Å²) < 4.78 is 5.38. The van der Waals surface area contributed by atoms with Crippen LogP contribution in [0.2, 0.25) is 0 Å². The summed E-state index contributed by atoms with van der Waals surface area (Å²) in [5, 5.41) is 2.81. The molecule has 0 spiro atoms. The maximum atomic E-state index is 12.9. The van der Waals surface area contributed by atoms with Crippen molar-refractivity contribution in [3.63, 3.8) is 0 Å². The molecule has 9 heteroatoms. The van der Waals surface area contributed by atoms with Crippen LogP contribution < -0.4 is 10.2 Å². The Morgan fingerprint density at radius 2 is 2.03 bits per heavy atom. The zero-order chi connectivity index (χ0) is 22.0. The van der Waals surface area contributed by atoms with Crippen LogP contribution in [0.4, 0.5) is 10.5 Å². The lowest BCUT2D eigenvalue weighted by atomic mass is 10.2. The van der Waals surface area contributed by atoms with Gasteiger partial charge < -0.3 is 19.5 Å². The molecule has 2 aromatic rings. The number of imide groups is 1. The zero-order valence-corrected chi connectivity index (χ0v) is 17.8. The molecule has 2 aliphatic rings. The largest absolute Gasteiger partial charge is 0.468 e. The Hall–Kier alpha value is -3.33. The molecule has 164 valence electrons. The van der Waals surface area contributed by atoms with Crippen molar-refractivity contribution in [1.29, 1.82) is 0 Å². The summed E-state index contributed by atoms with van der Waals surface area (Å²) in [6.45, 7) is 2.19. The highest BCUT2D eigenvalue weighted by molar-refractivity contribution is 6.06. The molecule has 3 heterocycles. The molecule has 1 unspecified atom stereocenters. The summed E-state index contributed by atoms with van der Waals surface area (Å²) in [5.41, 5.74) is 1.98. The number of amides is 4. The number of anilines is 1. The molecule has 2 aliphatic heterocycles. The van der Waals surface area contributed by atoms with Gasteiger partial charge in [-0.25, -0.2) is 4.79 Å². The van der Waals surface area contributed by atoms with Crippen molar-refractivity contribution in [2.24, 2.45) is 0 Å². The minimum absolute atomic E-state index is 0.268. The third-order valence-corrected chi connectivity index (χ3v) is 5.67. The van der Waals surface area contributed by atoms with E-state index in [0.29, 0.717) is 32.7 Å². The molecule has 0 radical (unpaired) electrons. The summed E-state index contributed by atoms with van der Waals surface area (Å²) in [4.78, 5) is 44.7. The van der Waals surface area contributed by atoms with E-state index >= 15 is 0 Å². The van der Waals surface area contributed by atoms with Crippen LogP contribution in [0.1, 0.15) is 11.3 Å². The van der Waals surface area contributed by atoms with E-state index in [1.54, 1.807) is 11.2 Å². The number of carbonyl (C=O) groups is 3. The van der Waals surface area contributed by atoms with Gasteiger partial charge in [0.05, 0.1) is 12.8 Å². The molecule has 0 aliphatic carbocycles. The molecule has 0 bridgehead atoms. The van der Waals surface area contributed by atoms with Crippen LogP contribution in [-0.2, 0) is 22.7 Å². The number of hydrogen-bond acceptors (Lipinski definition) is 6. The lowest BCUT2D eigenvalue weighted by Crippen LogP contribution is -2.52. The van der Waals surface area contributed by atoms with Gasteiger partial charge in [-0.3, -0.25) is 19.4 Å². The van der Waals surface area contributed by atoms with E-state index in [9.17, 15) is 14.4 Å². The number of fused-ring (bicyclic) bond motifs is 1. The minimum atomic E-state index is -0.555. The number of nitrogens with one attached hydrogen (secondary N) is 1. The Kier molecular flexibility index (Phi) is 5.94. The second-order valence-electron chi connectivity index (χ2n) is 8.07. The molecule has 1 aromatic carbocycles. The number of rotatable bonds is 7. The van der Waals surface area contributed by atoms with Crippen LogP contribution in [0.3, 0.4) is 0 Å². The van der Waals surface area contributed by atoms with Crippen LogP contribution >= 0.6 is 0 Å². The molecule has 1 aromatic heterocycles. The normalized spacial score (nSPS) is 19.0. The average Bonchev–Trinajstić information content (AvgIpc) is 3.35. The van der Waals surface area contributed by atoms with E-state index in [4.69, 9.17) is 4.42 Å². The highest BCUT2D eigenvalue weighted by atomic mass is 16.3. The SMILES string of the molecule is CN(C)c1cccc(CNC(=O)CN2C(=O)C3CN(Cc4ccco4)CCN3C2=O)c1. The van der Waals surface area contributed by atoms with Crippen molar-refractivity contribution in [2.75, 3.05) is 45.2 Å². The van der Waals surface area contributed by atoms with Crippen molar-refractivity contribution < 1.29 is 18.8 Å². The molecule has 2 saturated heterocycles. The fraction of sp³-hybridized carbons (Fsp3) is 0.409. The van der Waals surface area contributed by atoms with Crippen LogP contribution in [0.5, 0.6) is 0 Å². The van der Waals surface area contributed by atoms with E-state index in [0.717, 1.165) is 21.9 Å². The lowest BCUT2D eigenvalue weighted by Gasteiger charge is -2.34. The first-order valence-electron chi connectivity index (χ1n) is 10.3. The molecule has 4 rings (SSSR count). The first-order valence-corrected chi connectivity index (χ1v) is 10.3. The molecule has 9 nitrogen and oxygen atoms in total. The van der Waals surface area contributed by atoms with Gasteiger partial charge in [0.2, 0.25) is 5.91 Å². The van der Waals surface area contributed by atoms with Gasteiger partial charge in [-0.15, -0.1) is 0 Å². The first-order chi connectivity index (χ1) is 14.9. The van der Waals surface area contributed by atoms with E-state index in [-0.39, 0.29) is 18.4 Å². The fourth-order valence-electron chi connectivity index (χ4n) is 3.97. The summed E-state index contributed by atoms with van der Waals surface area (Å²) in [6, 6.07) is 10.6. The van der Waals surface area contributed by atoms with Gasteiger partial charge in [-0.05, 0) is 29.8 Å². The van der Waals surface area contributed by atoms with E-state index in [2.05, 4.69) is 10.2 Å². The lowest BCUT2D eigenvalue weighted by molar-refractivity contribution is -0.133. The number of hydrogen-bond donors (Lipinski definition) is 1. The summed E-state index contributed by atoms with van der Waals surface area (Å²) in [5.74, 6) is 0.142. The second-order valence-corrected chi connectivity index (χ2v) is 8.07. The smallest absolute Gasteiger partial charge is 0.328 e. The molecule has 1 atom stereocenters. The third kappa shape index (κ3) is 4.56. The second kappa shape index (κ2) is 8.81. The Morgan fingerprint density at radius 3 is 2.77 bits per heavy atom. The number of benzene rings is 1. The molecule has 2 fully saturated rings. The van der Waals surface area contributed by atoms with Crippen molar-refractivity contribution >= 4 is 23.5 Å². The van der Waals surface area contributed by atoms with Gasteiger partial charge in [-0.2, -0.15) is 0 Å². The monoisotopic (exact) mass is 425 g/mol. The van der Waals surface area contributed by atoms with Crippen molar-refractivity contribution in [1.82, 2.24) is 20.0 Å². The van der Waals surface area contributed by atoms with Gasteiger partial charge in [0, 0.05) is 46.0 Å². The van der Waals surface area contributed by atoms with E-state index in [1.807, 2.05) is 55.4 Å². The van der Waals surface area contributed by atoms with Crippen molar-refractivity contribution in [3.8, 4) is 0 Å². The summed E-state index contributed by atoms with van der Waals surface area (Å²) >= 11 is 0. The van der Waals surface area contributed by atoms with Gasteiger partial charge in [-0.1, -0.05) is 12.1 Å². The number of carbonyl (C=O) groups excluding carboxylic acids is 3. The molecular weight excluding hydrogens is 398 g/mol. The molecule has 0 saturated carbocycles. The van der Waals surface area contributed by atoms with Gasteiger partial charge in [0.15, 0.2) is 0 Å². The Bertz CT molecular complexity index is 959. The standard InChI is InChI=1S/C22H27N5O4/c1-24(2)17-6-3-5-16(11-17)12-23-20(28)15-27-21(29)19-14-25(8-9-26(19)22(27)30)13-18-7-4-10-31-18/h3-7,10-11,19H,8-9,12-15H2,1-2H3,(H,23,28). The Morgan fingerprint density at radius 1 is 1.19 bits per heavy atom. The quantitative estimate of drug-likeness (QED) is 0.669. The topological polar surface area (TPSA) is 89.3 Å². The van der Waals surface area contributed by atoms with Gasteiger partial charge in [0.1, 0.15) is 18.3 Å². The van der Waals surface area contributed by atoms with Crippen LogP contribution in [0.25, 0.3) is 0 Å². The van der Waals surface area contributed by atoms with Gasteiger partial charge >= 0.3 is 6.03 Å². The van der Waals surface area contributed by atoms with E-state index in [1.165, 1.54) is 0 Å². The number of piperazine rings is 1. The van der Waals surface area contributed by atoms with E-state index < -0.39 is 12.1 Å². The number of urea groups is 1. The van der Waals surface area contributed by atoms with Gasteiger partial charge in [0.25, 0.3) is 5.91 Å². The number of furan rings is 1. The highest BCUT2D eigenvalue weighted by Crippen LogP contribution is 2.23. The predicted octanol–water partition coefficient (Wildman–Crippen LogP) is 1.11. The van der Waals surface area contributed by atoms with Crippen LogP contribution in [-0.4, -0.2) is 78.9 Å². The number of nitrogens with zero attached hydrogens (tertiary/aromatic N) is 4. The first kappa shape index (κ1) is 20.9. The van der Waals surface area contributed by atoms with Crippen LogP contribution in [0.15, 0.2) is 47.1 Å². The molecule has 4 amide bonds. The summed E-state index contributed by atoms with van der Waals surface area (Å²) in [6.07, 6.45) is 1.62. The Labute approximate surface area is 181 Å². The molecular formula is C22H27N5O4. The van der Waals surface area contributed by atoms with Crippen molar-refractivity contribution in [3.05, 3.63) is 54.0 Å². The zero-order valence-electron chi connectivity index (χ0n) is 17.8. The maximum Gasteiger partial charge on any atom is 0.328 e. The predicted molar refractivity (Wildman–Crippen MR) is 114 cm³/mol. The fourth-order valence-corrected chi connectivity index (χ4v) is 3.97.